The van der Waals surface area contributed by atoms with Crippen LogP contribution in [0.15, 0.2) is 0 Å². The van der Waals surface area contributed by atoms with Gasteiger partial charge < -0.3 is 14.6 Å². The molecule has 0 amide bonds. The van der Waals surface area contributed by atoms with E-state index in [-0.39, 0.29) is 34.3 Å². The molecule has 4 aliphatic carbocycles. The topological polar surface area (TPSA) is 72.8 Å². The van der Waals surface area contributed by atoms with E-state index in [0.717, 1.165) is 44.9 Å². The maximum Gasteiger partial charge on any atom is 0.302 e. The highest BCUT2D eigenvalue weighted by Crippen LogP contribution is 2.71. The summed E-state index contributed by atoms with van der Waals surface area (Å²) in [6.07, 6.45) is 8.82. The molecule has 4 saturated carbocycles. The number of rotatable bonds is 3. The van der Waals surface area contributed by atoms with Crippen LogP contribution in [0.2, 0.25) is 0 Å². The summed E-state index contributed by atoms with van der Waals surface area (Å²) < 4.78 is 11.2. The average molecular weight is 435 g/mol. The Labute approximate surface area is 187 Å². The monoisotopic (exact) mass is 434 g/mol. The average Bonchev–Trinajstić information content (AvgIpc) is 2.94. The smallest absolute Gasteiger partial charge is 0.302 e. The van der Waals surface area contributed by atoms with Gasteiger partial charge in [-0.3, -0.25) is 9.59 Å². The lowest BCUT2D eigenvalue weighted by atomic mass is 9.40. The molecule has 4 fully saturated rings. The summed E-state index contributed by atoms with van der Waals surface area (Å²) in [7, 11) is 0. The van der Waals surface area contributed by atoms with E-state index in [9.17, 15) is 14.7 Å². The van der Waals surface area contributed by atoms with E-state index in [4.69, 9.17) is 9.47 Å². The highest BCUT2D eigenvalue weighted by molar-refractivity contribution is 5.66. The van der Waals surface area contributed by atoms with Crippen LogP contribution in [0.3, 0.4) is 0 Å². The van der Waals surface area contributed by atoms with Gasteiger partial charge in [0.1, 0.15) is 17.8 Å². The molecule has 0 aromatic heterocycles. The zero-order valence-corrected chi connectivity index (χ0v) is 20.3. The first-order valence-electron chi connectivity index (χ1n) is 12.4. The van der Waals surface area contributed by atoms with E-state index >= 15 is 0 Å². The Balaban J connectivity index is 1.58. The van der Waals surface area contributed by atoms with Gasteiger partial charge in [-0.1, -0.05) is 20.8 Å². The third-order valence-electron chi connectivity index (χ3n) is 10.9. The van der Waals surface area contributed by atoms with Crippen molar-refractivity contribution in [3.63, 3.8) is 0 Å². The number of aliphatic hydroxyl groups is 1. The number of hydrogen-bond acceptors (Lipinski definition) is 5. The number of esters is 2. The Morgan fingerprint density at radius 1 is 0.871 bits per heavy atom. The molecule has 0 heterocycles. The van der Waals surface area contributed by atoms with Crippen LogP contribution >= 0.6 is 0 Å². The largest absolute Gasteiger partial charge is 0.463 e. The summed E-state index contributed by atoms with van der Waals surface area (Å²) in [5.74, 6) is 1.26. The molecule has 0 spiro atoms. The van der Waals surface area contributed by atoms with E-state index in [2.05, 4.69) is 20.8 Å². The molecule has 0 unspecified atom stereocenters. The molecule has 176 valence electrons. The summed E-state index contributed by atoms with van der Waals surface area (Å²) in [6.45, 7) is 12.0. The maximum atomic E-state index is 11.8. The summed E-state index contributed by atoms with van der Waals surface area (Å²) in [5.41, 5.74) is -0.707. The molecule has 0 bridgehead atoms. The highest BCUT2D eigenvalue weighted by atomic mass is 16.6. The zero-order valence-electron chi connectivity index (χ0n) is 20.3. The fourth-order valence-corrected chi connectivity index (χ4v) is 8.99. The molecule has 5 heteroatoms. The molecule has 4 aliphatic rings. The second-order valence-corrected chi connectivity index (χ2v) is 12.0. The Morgan fingerprint density at radius 3 is 2.13 bits per heavy atom. The van der Waals surface area contributed by atoms with Gasteiger partial charge in [-0.25, -0.2) is 0 Å². The molecule has 31 heavy (non-hydrogen) atoms. The lowest BCUT2D eigenvalue weighted by Gasteiger charge is -2.65. The second kappa shape index (κ2) is 7.46. The molecule has 0 saturated heterocycles. The fourth-order valence-electron chi connectivity index (χ4n) is 8.99. The van der Waals surface area contributed by atoms with Crippen LogP contribution in [0.5, 0.6) is 0 Å². The highest BCUT2D eigenvalue weighted by Gasteiger charge is 2.68. The summed E-state index contributed by atoms with van der Waals surface area (Å²) in [5, 5.41) is 11.8. The Bertz CT molecular complexity index is 750. The van der Waals surface area contributed by atoms with Crippen molar-refractivity contribution in [3.05, 3.63) is 0 Å². The molecule has 9 atom stereocenters. The van der Waals surface area contributed by atoms with Gasteiger partial charge in [0.2, 0.25) is 0 Å². The second-order valence-electron chi connectivity index (χ2n) is 12.0. The number of ether oxygens (including phenoxy) is 2. The first kappa shape index (κ1) is 23.1. The zero-order chi connectivity index (χ0) is 22.8. The molecule has 0 radical (unpaired) electrons. The van der Waals surface area contributed by atoms with E-state index in [1.54, 1.807) is 0 Å². The summed E-state index contributed by atoms with van der Waals surface area (Å²) in [6, 6.07) is 0. The van der Waals surface area contributed by atoms with Crippen molar-refractivity contribution in [1.29, 1.82) is 0 Å². The first-order valence-corrected chi connectivity index (χ1v) is 12.4. The van der Waals surface area contributed by atoms with Gasteiger partial charge in [-0.15, -0.1) is 0 Å². The summed E-state index contributed by atoms with van der Waals surface area (Å²) >= 11 is 0. The van der Waals surface area contributed by atoms with E-state index in [1.807, 2.05) is 6.92 Å². The number of fused-ring (bicyclic) bond motifs is 5. The Morgan fingerprint density at radius 2 is 1.48 bits per heavy atom. The normalized spacial score (nSPS) is 49.9. The van der Waals surface area contributed by atoms with Crippen molar-refractivity contribution in [2.45, 2.75) is 117 Å². The SMILES string of the molecule is CC(=O)O[C@@H]1CC[C@]2(C)[C@H]3CC[C@@]4(C)[C@@H](CC[C@]4(O)[C@@H](C)OC(C)=O)[C@@H]3CC[C@]2(C)C1. The third-order valence-corrected chi connectivity index (χ3v) is 10.9. The quantitative estimate of drug-likeness (QED) is 0.631. The van der Waals surface area contributed by atoms with Crippen molar-refractivity contribution in [3.8, 4) is 0 Å². The Kier molecular flexibility index (Phi) is 5.55. The predicted molar refractivity (Wildman–Crippen MR) is 118 cm³/mol. The van der Waals surface area contributed by atoms with Crippen molar-refractivity contribution >= 4 is 11.9 Å². The van der Waals surface area contributed by atoms with E-state index in [0.29, 0.717) is 24.2 Å². The molecule has 1 N–H and O–H groups in total. The van der Waals surface area contributed by atoms with Gasteiger partial charge in [0.05, 0.1) is 0 Å². The van der Waals surface area contributed by atoms with Crippen molar-refractivity contribution in [2.24, 2.45) is 34.0 Å². The third kappa shape index (κ3) is 3.28. The van der Waals surface area contributed by atoms with Crippen LogP contribution in [0.25, 0.3) is 0 Å². The lowest BCUT2D eigenvalue weighted by Crippen LogP contribution is -2.61. The molecule has 5 nitrogen and oxygen atoms in total. The lowest BCUT2D eigenvalue weighted by molar-refractivity contribution is -0.212. The van der Waals surface area contributed by atoms with Gasteiger partial charge in [0, 0.05) is 19.3 Å². The van der Waals surface area contributed by atoms with Gasteiger partial charge in [-0.2, -0.15) is 0 Å². The number of hydrogen-bond donors (Lipinski definition) is 1. The van der Waals surface area contributed by atoms with Crippen LogP contribution in [-0.4, -0.2) is 34.9 Å². The van der Waals surface area contributed by atoms with Crippen LogP contribution in [0.1, 0.15) is 99.3 Å². The molecule has 0 aliphatic heterocycles. The van der Waals surface area contributed by atoms with E-state index in [1.165, 1.54) is 20.3 Å². The first-order chi connectivity index (χ1) is 14.4. The maximum absolute atomic E-state index is 11.8. The predicted octanol–water partition coefficient (Wildman–Crippen LogP) is 5.03. The minimum atomic E-state index is -0.942. The van der Waals surface area contributed by atoms with Gasteiger partial charge >= 0.3 is 11.9 Å². The molecule has 4 rings (SSSR count). The van der Waals surface area contributed by atoms with Crippen LogP contribution in [0, 0.1) is 34.0 Å². The van der Waals surface area contributed by atoms with Crippen LogP contribution in [0.4, 0.5) is 0 Å². The van der Waals surface area contributed by atoms with Crippen molar-refractivity contribution < 1.29 is 24.2 Å². The fraction of sp³-hybridized carbons (Fsp3) is 0.923. The molecular formula is C26H42O5. The summed E-state index contributed by atoms with van der Waals surface area (Å²) in [4.78, 5) is 23.2. The van der Waals surface area contributed by atoms with Crippen molar-refractivity contribution in [1.82, 2.24) is 0 Å². The van der Waals surface area contributed by atoms with Gasteiger partial charge in [0.15, 0.2) is 0 Å². The van der Waals surface area contributed by atoms with E-state index < -0.39 is 11.7 Å². The molecule has 0 aromatic carbocycles. The Hall–Kier alpha value is -1.10. The minimum Gasteiger partial charge on any atom is -0.463 e. The number of carbonyl (C=O) groups excluding carboxylic acids is 2. The van der Waals surface area contributed by atoms with Gasteiger partial charge in [-0.05, 0) is 93.3 Å². The van der Waals surface area contributed by atoms with Gasteiger partial charge in [0.25, 0.3) is 0 Å². The standard InChI is InChI=1S/C26H42O5/c1-16(30-17(2)27)26(29)14-10-22-20-8-11-23(4)15-19(31-18(3)28)7-12-24(23,5)21(20)9-13-25(22,26)6/h16,19-22,29H,7-15H2,1-6H3/t16-,19-,20-,21+,22+,23-,24-,25+,26+/m1/s1. The molecule has 0 aromatic rings. The minimum absolute atomic E-state index is 0.0575. The van der Waals surface area contributed by atoms with Crippen LogP contribution in [-0.2, 0) is 19.1 Å². The number of carbonyl (C=O) groups is 2. The molecular weight excluding hydrogens is 392 g/mol. The van der Waals surface area contributed by atoms with Crippen molar-refractivity contribution in [2.75, 3.05) is 0 Å². The van der Waals surface area contributed by atoms with Crippen LogP contribution < -0.4 is 0 Å².